The second-order valence-electron chi connectivity index (χ2n) is 5.91. The van der Waals surface area contributed by atoms with Crippen molar-refractivity contribution in [1.29, 1.82) is 0 Å². The van der Waals surface area contributed by atoms with E-state index in [9.17, 15) is 4.79 Å². The molecule has 0 unspecified atom stereocenters. The van der Waals surface area contributed by atoms with Crippen LogP contribution in [0, 0.1) is 6.92 Å². The minimum atomic E-state index is -0.0475. The molecule has 0 aliphatic heterocycles. The number of rotatable bonds is 5. The van der Waals surface area contributed by atoms with Gasteiger partial charge in [-0.2, -0.15) is 0 Å². The predicted octanol–water partition coefficient (Wildman–Crippen LogP) is 5.13. The van der Waals surface area contributed by atoms with Gasteiger partial charge in [0.2, 0.25) is 11.8 Å². The smallest absolute Gasteiger partial charge is 0.236 e. The lowest BCUT2D eigenvalue weighted by Gasteiger charge is -2.25. The number of halogens is 1. The summed E-state index contributed by atoms with van der Waals surface area (Å²) in [6.45, 7) is 3.84. The topological polar surface area (TPSA) is 46.3 Å². The normalized spacial score (nSPS) is 12.2. The van der Waals surface area contributed by atoms with Gasteiger partial charge in [0, 0.05) is 12.1 Å². The van der Waals surface area contributed by atoms with Crippen molar-refractivity contribution in [3.63, 3.8) is 0 Å². The van der Waals surface area contributed by atoms with Gasteiger partial charge < -0.3 is 9.32 Å². The highest BCUT2D eigenvalue weighted by atomic mass is 35.5. The monoisotopic (exact) mass is 374 g/mol. The quantitative estimate of drug-likeness (QED) is 0.622. The number of carbonyl (C=O) groups is 1. The summed E-state index contributed by atoms with van der Waals surface area (Å²) in [4.78, 5) is 19.8. The van der Waals surface area contributed by atoms with Crippen LogP contribution < -0.4 is 0 Å². The molecule has 2 aromatic heterocycles. The van der Waals surface area contributed by atoms with Gasteiger partial charge in [-0.25, -0.2) is 4.98 Å². The summed E-state index contributed by atoms with van der Waals surface area (Å²) in [6.07, 6.45) is 0.217. The number of benzene rings is 1. The molecular formula is C19H19ClN2O2S. The van der Waals surface area contributed by atoms with Gasteiger partial charge in [0.1, 0.15) is 5.76 Å². The molecule has 3 rings (SSSR count). The zero-order valence-corrected chi connectivity index (χ0v) is 15.9. The second-order valence-corrected chi connectivity index (χ2v) is 7.29. The van der Waals surface area contributed by atoms with Crippen molar-refractivity contribution in [3.05, 3.63) is 63.8 Å². The molecule has 0 saturated heterocycles. The molecule has 1 amide bonds. The van der Waals surface area contributed by atoms with E-state index in [1.54, 1.807) is 23.3 Å². The van der Waals surface area contributed by atoms with Gasteiger partial charge in [-0.1, -0.05) is 29.8 Å². The first-order valence-electron chi connectivity index (χ1n) is 7.97. The number of oxazole rings is 1. The largest absolute Gasteiger partial charge is 0.440 e. The van der Waals surface area contributed by atoms with Gasteiger partial charge in [-0.15, -0.1) is 11.3 Å². The third-order valence-electron chi connectivity index (χ3n) is 4.27. The van der Waals surface area contributed by atoms with Crippen LogP contribution in [0.25, 0.3) is 10.8 Å². The highest BCUT2D eigenvalue weighted by Gasteiger charge is 2.21. The number of thiophene rings is 1. The number of aryl methyl sites for hydroxylation is 1. The van der Waals surface area contributed by atoms with Gasteiger partial charge in [-0.05, 0) is 43.0 Å². The molecule has 0 aliphatic rings. The van der Waals surface area contributed by atoms with Gasteiger partial charge in [-0.3, -0.25) is 4.79 Å². The van der Waals surface area contributed by atoms with Crippen molar-refractivity contribution in [2.45, 2.75) is 26.3 Å². The third-order valence-corrected chi connectivity index (χ3v) is 5.38. The summed E-state index contributed by atoms with van der Waals surface area (Å²) in [5.41, 5.74) is 1.72. The lowest BCUT2D eigenvalue weighted by Crippen LogP contribution is -2.31. The van der Waals surface area contributed by atoms with Crippen LogP contribution in [0.15, 0.2) is 46.2 Å². The first kappa shape index (κ1) is 17.7. The second kappa shape index (κ2) is 7.42. The summed E-state index contributed by atoms with van der Waals surface area (Å²) in [5, 5.41) is 2.66. The van der Waals surface area contributed by atoms with Gasteiger partial charge in [0.05, 0.1) is 23.0 Å². The van der Waals surface area contributed by atoms with Crippen molar-refractivity contribution in [3.8, 4) is 10.8 Å². The maximum absolute atomic E-state index is 12.7. The molecular weight excluding hydrogens is 356 g/mol. The Labute approximate surface area is 156 Å². The van der Waals surface area contributed by atoms with Crippen molar-refractivity contribution < 1.29 is 9.21 Å². The predicted molar refractivity (Wildman–Crippen MR) is 101 cm³/mol. The van der Waals surface area contributed by atoms with Crippen LogP contribution in [0.1, 0.15) is 30.0 Å². The molecule has 4 nitrogen and oxygen atoms in total. The minimum Gasteiger partial charge on any atom is -0.440 e. The summed E-state index contributed by atoms with van der Waals surface area (Å²) in [5.74, 6) is 1.25. The van der Waals surface area contributed by atoms with E-state index in [4.69, 9.17) is 16.0 Å². The van der Waals surface area contributed by atoms with E-state index in [0.717, 1.165) is 10.4 Å². The lowest BCUT2D eigenvalue weighted by atomic mass is 10.1. The zero-order chi connectivity index (χ0) is 18.0. The number of aromatic nitrogens is 1. The Morgan fingerprint density at radius 2 is 2.04 bits per heavy atom. The fourth-order valence-corrected chi connectivity index (χ4v) is 3.32. The summed E-state index contributed by atoms with van der Waals surface area (Å²) >= 11 is 7.49. The third kappa shape index (κ3) is 3.94. The van der Waals surface area contributed by atoms with Crippen LogP contribution in [0.5, 0.6) is 0 Å². The zero-order valence-electron chi connectivity index (χ0n) is 14.3. The standard InChI is InChI=1S/C19H19ClN2O2S/c1-12(14-6-8-15(20)9-7-14)22(3)18(23)11-16-13(2)24-19(21-16)17-5-4-10-25-17/h4-10,12H,11H2,1-3H3/t12-/m1/s1. The fourth-order valence-electron chi connectivity index (χ4n) is 2.55. The average Bonchev–Trinajstić information content (AvgIpc) is 3.24. The minimum absolute atomic E-state index is 0.00317. The number of amides is 1. The molecule has 0 bridgehead atoms. The van der Waals surface area contributed by atoms with E-state index in [-0.39, 0.29) is 18.4 Å². The van der Waals surface area contributed by atoms with E-state index in [1.807, 2.05) is 55.6 Å². The SMILES string of the molecule is Cc1oc(-c2cccs2)nc1CC(=O)N(C)[C@H](C)c1ccc(Cl)cc1. The molecule has 0 spiro atoms. The van der Waals surface area contributed by atoms with E-state index in [0.29, 0.717) is 22.4 Å². The van der Waals surface area contributed by atoms with Crippen LogP contribution in [0.4, 0.5) is 0 Å². The van der Waals surface area contributed by atoms with Crippen molar-refractivity contribution in [1.82, 2.24) is 9.88 Å². The first-order valence-corrected chi connectivity index (χ1v) is 9.22. The molecule has 6 heteroatoms. The molecule has 1 aromatic carbocycles. The van der Waals surface area contributed by atoms with Gasteiger partial charge in [0.25, 0.3) is 0 Å². The average molecular weight is 375 g/mol. The Morgan fingerprint density at radius 1 is 1.32 bits per heavy atom. The number of hydrogen-bond acceptors (Lipinski definition) is 4. The molecule has 0 fully saturated rings. The van der Waals surface area contributed by atoms with E-state index in [2.05, 4.69) is 4.98 Å². The number of nitrogens with zero attached hydrogens (tertiary/aromatic N) is 2. The summed E-state index contributed by atoms with van der Waals surface area (Å²) in [7, 11) is 1.80. The first-order chi connectivity index (χ1) is 12.0. The Bertz CT molecular complexity index is 856. The van der Waals surface area contributed by atoms with Crippen LogP contribution in [-0.4, -0.2) is 22.8 Å². The van der Waals surface area contributed by atoms with E-state index < -0.39 is 0 Å². The van der Waals surface area contributed by atoms with Gasteiger partial charge in [0.15, 0.2) is 0 Å². The van der Waals surface area contributed by atoms with Crippen molar-refractivity contribution >= 4 is 28.8 Å². The molecule has 0 saturated carbocycles. The Kier molecular flexibility index (Phi) is 5.25. The molecule has 130 valence electrons. The molecule has 0 N–H and O–H groups in total. The molecule has 0 radical (unpaired) electrons. The summed E-state index contributed by atoms with van der Waals surface area (Å²) < 4.78 is 5.71. The van der Waals surface area contributed by atoms with E-state index in [1.165, 1.54) is 0 Å². The highest BCUT2D eigenvalue weighted by molar-refractivity contribution is 7.13. The lowest BCUT2D eigenvalue weighted by molar-refractivity contribution is -0.131. The maximum Gasteiger partial charge on any atom is 0.236 e. The molecule has 25 heavy (non-hydrogen) atoms. The Morgan fingerprint density at radius 3 is 2.68 bits per heavy atom. The number of likely N-dealkylation sites (N-methyl/N-ethyl adjacent to an activating group) is 1. The number of carbonyl (C=O) groups excluding carboxylic acids is 1. The fraction of sp³-hybridized carbons (Fsp3) is 0.263. The van der Waals surface area contributed by atoms with Crippen LogP contribution in [0.3, 0.4) is 0 Å². The van der Waals surface area contributed by atoms with Crippen LogP contribution in [0.2, 0.25) is 5.02 Å². The number of hydrogen-bond donors (Lipinski definition) is 0. The molecule has 0 aliphatic carbocycles. The Balaban J connectivity index is 1.72. The maximum atomic E-state index is 12.7. The summed E-state index contributed by atoms with van der Waals surface area (Å²) in [6, 6.07) is 11.4. The highest BCUT2D eigenvalue weighted by Crippen LogP contribution is 2.27. The van der Waals surface area contributed by atoms with Crippen molar-refractivity contribution in [2.24, 2.45) is 0 Å². The van der Waals surface area contributed by atoms with E-state index >= 15 is 0 Å². The molecule has 1 atom stereocenters. The molecule has 3 aromatic rings. The van der Waals surface area contributed by atoms with Gasteiger partial charge >= 0.3 is 0 Å². The molecule has 2 heterocycles. The van der Waals surface area contributed by atoms with Crippen LogP contribution in [-0.2, 0) is 11.2 Å². The Hall–Kier alpha value is -2.11. The van der Waals surface area contributed by atoms with Crippen LogP contribution >= 0.6 is 22.9 Å². The van der Waals surface area contributed by atoms with Crippen molar-refractivity contribution in [2.75, 3.05) is 7.05 Å².